The fraction of sp³-hybridized carbons (Fsp3) is 0.600. The first-order valence-corrected chi connectivity index (χ1v) is 7.87. The summed E-state index contributed by atoms with van der Waals surface area (Å²) >= 11 is 1.70. The molecular formula is C15H22N2O2S. The van der Waals surface area contributed by atoms with Gasteiger partial charge in [-0.3, -0.25) is 9.80 Å². The van der Waals surface area contributed by atoms with Crippen molar-refractivity contribution in [2.75, 3.05) is 45.9 Å². The third-order valence-corrected chi connectivity index (χ3v) is 4.41. The standard InChI is InChI=1S/C15H22N2O2S/c18-11-1-3-14-4-5-15(20-14)13-17-7-2-6-16(8-9-17)10-12-19/h4-5,18-19H,2,6-13H2. The summed E-state index contributed by atoms with van der Waals surface area (Å²) in [4.78, 5) is 7.13. The number of aliphatic hydroxyl groups excluding tert-OH is 2. The van der Waals surface area contributed by atoms with Gasteiger partial charge in [-0.1, -0.05) is 11.8 Å². The van der Waals surface area contributed by atoms with Gasteiger partial charge >= 0.3 is 0 Å². The lowest BCUT2D eigenvalue weighted by Crippen LogP contribution is -2.32. The molecule has 0 atom stereocenters. The molecule has 1 saturated heterocycles. The smallest absolute Gasteiger partial charge is 0.104 e. The van der Waals surface area contributed by atoms with Gasteiger partial charge in [0, 0.05) is 31.1 Å². The zero-order chi connectivity index (χ0) is 14.2. The molecule has 0 unspecified atom stereocenters. The minimum absolute atomic E-state index is 0.0833. The SMILES string of the molecule is OCC#Cc1ccc(CN2CCCN(CCO)CC2)s1. The Balaban J connectivity index is 1.85. The zero-order valence-electron chi connectivity index (χ0n) is 11.7. The summed E-state index contributed by atoms with van der Waals surface area (Å²) < 4.78 is 0. The van der Waals surface area contributed by atoms with Crippen LogP contribution in [0.25, 0.3) is 0 Å². The minimum Gasteiger partial charge on any atom is -0.395 e. The Kier molecular flexibility index (Phi) is 6.51. The molecule has 0 aromatic carbocycles. The summed E-state index contributed by atoms with van der Waals surface area (Å²) in [6, 6.07) is 4.15. The monoisotopic (exact) mass is 294 g/mol. The molecule has 0 bridgehead atoms. The molecule has 1 aromatic rings. The molecule has 1 aromatic heterocycles. The van der Waals surface area contributed by atoms with Gasteiger partial charge in [-0.25, -0.2) is 0 Å². The molecule has 1 aliphatic rings. The van der Waals surface area contributed by atoms with E-state index in [-0.39, 0.29) is 13.2 Å². The lowest BCUT2D eigenvalue weighted by Gasteiger charge is -2.20. The Morgan fingerprint density at radius 2 is 1.90 bits per heavy atom. The Morgan fingerprint density at radius 3 is 2.70 bits per heavy atom. The summed E-state index contributed by atoms with van der Waals surface area (Å²) in [6.45, 7) is 6.19. The Morgan fingerprint density at radius 1 is 1.10 bits per heavy atom. The third kappa shape index (κ3) is 4.89. The number of thiophene rings is 1. The van der Waals surface area contributed by atoms with Crippen molar-refractivity contribution >= 4 is 11.3 Å². The van der Waals surface area contributed by atoms with Gasteiger partial charge < -0.3 is 10.2 Å². The molecule has 5 heteroatoms. The van der Waals surface area contributed by atoms with E-state index in [1.807, 2.05) is 6.07 Å². The van der Waals surface area contributed by atoms with Crippen LogP contribution in [0.1, 0.15) is 16.2 Å². The van der Waals surface area contributed by atoms with Crippen molar-refractivity contribution in [2.24, 2.45) is 0 Å². The van der Waals surface area contributed by atoms with Crippen LogP contribution in [0.4, 0.5) is 0 Å². The molecule has 20 heavy (non-hydrogen) atoms. The third-order valence-electron chi connectivity index (χ3n) is 3.43. The molecule has 1 fully saturated rings. The lowest BCUT2D eigenvalue weighted by molar-refractivity contribution is 0.196. The van der Waals surface area contributed by atoms with E-state index in [2.05, 4.69) is 27.7 Å². The van der Waals surface area contributed by atoms with Crippen molar-refractivity contribution in [2.45, 2.75) is 13.0 Å². The predicted molar refractivity (Wildman–Crippen MR) is 81.7 cm³/mol. The molecule has 4 nitrogen and oxygen atoms in total. The van der Waals surface area contributed by atoms with Crippen LogP contribution >= 0.6 is 11.3 Å². The summed E-state index contributed by atoms with van der Waals surface area (Å²) in [5.74, 6) is 5.64. The van der Waals surface area contributed by atoms with E-state index in [1.54, 1.807) is 11.3 Å². The molecule has 0 saturated carbocycles. The normalized spacial score (nSPS) is 17.5. The van der Waals surface area contributed by atoms with E-state index >= 15 is 0 Å². The molecule has 110 valence electrons. The first-order valence-electron chi connectivity index (χ1n) is 7.06. The first kappa shape index (κ1) is 15.5. The van der Waals surface area contributed by atoms with E-state index in [0.29, 0.717) is 0 Å². The van der Waals surface area contributed by atoms with Gasteiger partial charge in [0.05, 0.1) is 11.5 Å². The molecule has 2 N–H and O–H groups in total. The fourth-order valence-electron chi connectivity index (χ4n) is 2.42. The summed E-state index contributed by atoms with van der Waals surface area (Å²) in [6.07, 6.45) is 1.16. The van der Waals surface area contributed by atoms with Gasteiger partial charge in [-0.15, -0.1) is 11.3 Å². The van der Waals surface area contributed by atoms with Crippen LogP contribution < -0.4 is 0 Å². The molecule has 0 aliphatic carbocycles. The van der Waals surface area contributed by atoms with E-state index in [9.17, 15) is 0 Å². The number of hydrogen-bond donors (Lipinski definition) is 2. The number of aliphatic hydroxyl groups is 2. The van der Waals surface area contributed by atoms with Crippen LogP contribution in [-0.2, 0) is 6.54 Å². The van der Waals surface area contributed by atoms with Gasteiger partial charge in [0.15, 0.2) is 0 Å². The second-order valence-electron chi connectivity index (χ2n) is 4.92. The second kappa shape index (κ2) is 8.40. The van der Waals surface area contributed by atoms with Crippen LogP contribution in [-0.4, -0.2) is 66.0 Å². The van der Waals surface area contributed by atoms with Crippen LogP contribution in [0.15, 0.2) is 12.1 Å². The number of β-amino-alcohol motifs (C(OH)–C–C–N with tert-alkyl or cyclic N) is 1. The topological polar surface area (TPSA) is 46.9 Å². The number of nitrogens with zero attached hydrogens (tertiary/aromatic N) is 2. The van der Waals surface area contributed by atoms with E-state index in [1.165, 1.54) is 4.88 Å². The van der Waals surface area contributed by atoms with Gasteiger partial charge in [0.2, 0.25) is 0 Å². The highest BCUT2D eigenvalue weighted by atomic mass is 32.1. The van der Waals surface area contributed by atoms with Crippen molar-refractivity contribution in [3.8, 4) is 11.8 Å². The van der Waals surface area contributed by atoms with Crippen LogP contribution in [0.2, 0.25) is 0 Å². The van der Waals surface area contributed by atoms with Crippen LogP contribution in [0.5, 0.6) is 0 Å². The highest BCUT2D eigenvalue weighted by Crippen LogP contribution is 2.18. The summed E-state index contributed by atoms with van der Waals surface area (Å²) in [7, 11) is 0. The Bertz CT molecular complexity index is 464. The molecule has 2 rings (SSSR count). The van der Waals surface area contributed by atoms with Crippen molar-refractivity contribution in [1.82, 2.24) is 9.80 Å². The number of rotatable bonds is 4. The quantitative estimate of drug-likeness (QED) is 0.798. The molecule has 0 radical (unpaired) electrons. The maximum Gasteiger partial charge on any atom is 0.104 e. The van der Waals surface area contributed by atoms with Gasteiger partial charge in [-0.05, 0) is 31.6 Å². The van der Waals surface area contributed by atoms with Crippen molar-refractivity contribution in [1.29, 1.82) is 0 Å². The molecule has 2 heterocycles. The first-order chi connectivity index (χ1) is 9.81. The highest BCUT2D eigenvalue weighted by molar-refractivity contribution is 7.12. The van der Waals surface area contributed by atoms with Crippen molar-refractivity contribution in [3.05, 3.63) is 21.9 Å². The lowest BCUT2D eigenvalue weighted by atomic mass is 10.3. The highest BCUT2D eigenvalue weighted by Gasteiger charge is 2.14. The van der Waals surface area contributed by atoms with Crippen LogP contribution in [0.3, 0.4) is 0 Å². The van der Waals surface area contributed by atoms with E-state index < -0.39 is 0 Å². The minimum atomic E-state index is -0.0833. The molecule has 0 spiro atoms. The summed E-state index contributed by atoms with van der Waals surface area (Å²) in [5.41, 5.74) is 0. The van der Waals surface area contributed by atoms with E-state index in [0.717, 1.165) is 50.6 Å². The maximum atomic E-state index is 9.00. The second-order valence-corrected chi connectivity index (χ2v) is 6.09. The Labute approximate surface area is 124 Å². The molecular weight excluding hydrogens is 272 g/mol. The Hall–Kier alpha value is -0.900. The van der Waals surface area contributed by atoms with Crippen LogP contribution in [0, 0.1) is 11.8 Å². The van der Waals surface area contributed by atoms with Gasteiger partial charge in [0.1, 0.15) is 6.61 Å². The molecule has 1 aliphatic heterocycles. The predicted octanol–water partition coefficient (Wildman–Crippen LogP) is 0.592. The van der Waals surface area contributed by atoms with Crippen molar-refractivity contribution < 1.29 is 10.2 Å². The average molecular weight is 294 g/mol. The van der Waals surface area contributed by atoms with Gasteiger partial charge in [0.25, 0.3) is 0 Å². The van der Waals surface area contributed by atoms with Crippen molar-refractivity contribution in [3.63, 3.8) is 0 Å². The van der Waals surface area contributed by atoms with Gasteiger partial charge in [-0.2, -0.15) is 0 Å². The van der Waals surface area contributed by atoms with E-state index in [4.69, 9.17) is 10.2 Å². The maximum absolute atomic E-state index is 9.00. The average Bonchev–Trinajstić information content (AvgIpc) is 2.77. The zero-order valence-corrected chi connectivity index (χ0v) is 12.5. The fourth-order valence-corrected chi connectivity index (χ4v) is 3.35. The summed E-state index contributed by atoms with van der Waals surface area (Å²) in [5, 5.41) is 17.7. The number of hydrogen-bond acceptors (Lipinski definition) is 5. The largest absolute Gasteiger partial charge is 0.395 e. The molecule has 0 amide bonds.